The molecule has 1 aromatic heterocycles. The van der Waals surface area contributed by atoms with Crippen molar-refractivity contribution in [3.8, 4) is 0 Å². The summed E-state index contributed by atoms with van der Waals surface area (Å²) in [6, 6.07) is -1.31. The minimum Gasteiger partial charge on any atom is -0.504 e. The third-order valence-electron chi connectivity index (χ3n) is 8.11. The Kier molecular flexibility index (Phi) is 4.51. The van der Waals surface area contributed by atoms with Gasteiger partial charge in [-0.05, 0) is 43.4 Å². The van der Waals surface area contributed by atoms with E-state index in [1.54, 1.807) is 6.92 Å². The molecule has 170 valence electrons. The lowest BCUT2D eigenvalue weighted by Crippen LogP contribution is -2.57. The van der Waals surface area contributed by atoms with E-state index in [1.807, 2.05) is 9.88 Å². The summed E-state index contributed by atoms with van der Waals surface area (Å²) in [7, 11) is 0. The monoisotopic (exact) mass is 440 g/mol. The quantitative estimate of drug-likeness (QED) is 0.563. The Labute approximate surface area is 176 Å². The Morgan fingerprint density at radius 3 is 2.55 bits per heavy atom. The molecule has 1 aromatic rings. The Hall–Kier alpha value is -2.07. The molecule has 3 aliphatic carbocycles. The van der Waals surface area contributed by atoms with Crippen LogP contribution in [-0.2, 0) is 0 Å². The van der Waals surface area contributed by atoms with E-state index in [4.69, 9.17) is 5.73 Å². The van der Waals surface area contributed by atoms with Gasteiger partial charge in [0.05, 0.1) is 11.6 Å². The third-order valence-corrected chi connectivity index (χ3v) is 8.11. The fourth-order valence-electron chi connectivity index (χ4n) is 6.49. The van der Waals surface area contributed by atoms with Gasteiger partial charge in [0.2, 0.25) is 0 Å². The Bertz CT molecular complexity index is 1060. The number of nitrogens with one attached hydrogen (secondary N) is 2. The van der Waals surface area contributed by atoms with Crippen molar-refractivity contribution in [3.05, 3.63) is 37.9 Å². The van der Waals surface area contributed by atoms with E-state index < -0.39 is 52.2 Å². The molecule has 4 aliphatic rings. The molecule has 0 aromatic carbocycles. The zero-order valence-electron chi connectivity index (χ0n) is 17.3. The molecule has 7 nitrogen and oxygen atoms in total. The van der Waals surface area contributed by atoms with Crippen LogP contribution in [0.15, 0.2) is 15.4 Å². The number of rotatable bonds is 2. The van der Waals surface area contributed by atoms with Gasteiger partial charge in [0.15, 0.2) is 11.6 Å². The van der Waals surface area contributed by atoms with Crippen molar-refractivity contribution >= 4 is 5.76 Å². The Morgan fingerprint density at radius 1 is 1.16 bits per heavy atom. The van der Waals surface area contributed by atoms with Gasteiger partial charge in [0, 0.05) is 31.1 Å². The number of hydrogen-bond acceptors (Lipinski definition) is 5. The minimum absolute atomic E-state index is 0.0965. The highest BCUT2D eigenvalue weighted by Crippen LogP contribution is 2.59. The van der Waals surface area contributed by atoms with E-state index in [2.05, 4.69) is 4.98 Å². The number of aromatic nitrogens is 2. The molecule has 5 atom stereocenters. The SMILES string of the molecule is CC1c2[nH]c(=O)[nH]c(=O)c2C(O)=C(F)C1(C1CC1)N1CC2CCCC(F)(F)C(N)C2C1. The summed E-state index contributed by atoms with van der Waals surface area (Å²) >= 11 is 0. The average molecular weight is 440 g/mol. The highest BCUT2D eigenvalue weighted by atomic mass is 19.3. The van der Waals surface area contributed by atoms with Crippen molar-refractivity contribution in [1.82, 2.24) is 14.9 Å². The molecule has 0 bridgehead atoms. The summed E-state index contributed by atoms with van der Waals surface area (Å²) in [4.78, 5) is 30.7. The summed E-state index contributed by atoms with van der Waals surface area (Å²) in [5.74, 6) is -5.96. The fourth-order valence-corrected chi connectivity index (χ4v) is 6.49. The molecular weight excluding hydrogens is 413 g/mol. The normalized spacial score (nSPS) is 38.0. The van der Waals surface area contributed by atoms with Crippen LogP contribution in [0.25, 0.3) is 5.76 Å². The fraction of sp³-hybridized carbons (Fsp3) is 0.714. The molecule has 2 saturated carbocycles. The van der Waals surface area contributed by atoms with Crippen LogP contribution in [0, 0.1) is 17.8 Å². The number of hydrogen-bond donors (Lipinski definition) is 4. The van der Waals surface area contributed by atoms with Crippen LogP contribution in [0.1, 0.15) is 56.2 Å². The van der Waals surface area contributed by atoms with Crippen molar-refractivity contribution in [1.29, 1.82) is 0 Å². The minimum atomic E-state index is -2.97. The molecule has 5 rings (SSSR count). The van der Waals surface area contributed by atoms with Crippen molar-refractivity contribution in [2.24, 2.45) is 23.5 Å². The van der Waals surface area contributed by atoms with Gasteiger partial charge >= 0.3 is 5.69 Å². The number of alkyl halides is 2. The first-order valence-electron chi connectivity index (χ1n) is 10.9. The second kappa shape index (κ2) is 6.71. The van der Waals surface area contributed by atoms with Gasteiger partial charge in [-0.2, -0.15) is 0 Å². The van der Waals surface area contributed by atoms with E-state index >= 15 is 4.39 Å². The van der Waals surface area contributed by atoms with Crippen LogP contribution >= 0.6 is 0 Å². The van der Waals surface area contributed by atoms with Crippen LogP contribution in [0.3, 0.4) is 0 Å². The van der Waals surface area contributed by atoms with Gasteiger partial charge in [-0.25, -0.2) is 18.0 Å². The number of likely N-dealkylation sites (tertiary alicyclic amines) is 1. The first kappa shape index (κ1) is 20.8. The molecule has 5 N–H and O–H groups in total. The second-order valence-corrected chi connectivity index (χ2v) is 9.69. The number of nitrogens with two attached hydrogens (primary N) is 1. The molecule has 10 heteroatoms. The Balaban J connectivity index is 1.63. The van der Waals surface area contributed by atoms with E-state index in [0.29, 0.717) is 32.2 Å². The maximum atomic E-state index is 16.0. The van der Waals surface area contributed by atoms with E-state index in [-0.39, 0.29) is 36.1 Å². The predicted octanol–water partition coefficient (Wildman–Crippen LogP) is 2.22. The maximum Gasteiger partial charge on any atom is 0.325 e. The molecule has 5 unspecified atom stereocenters. The molecule has 0 amide bonds. The highest BCUT2D eigenvalue weighted by molar-refractivity contribution is 5.68. The average Bonchev–Trinajstić information content (AvgIpc) is 3.47. The van der Waals surface area contributed by atoms with Gasteiger partial charge in [-0.1, -0.05) is 6.92 Å². The molecule has 2 heterocycles. The van der Waals surface area contributed by atoms with Crippen LogP contribution in [0.2, 0.25) is 0 Å². The number of aliphatic hydroxyl groups excluding tert-OH is 1. The summed E-state index contributed by atoms with van der Waals surface area (Å²) in [5.41, 5.74) is 3.05. The van der Waals surface area contributed by atoms with Crippen LogP contribution in [0.5, 0.6) is 0 Å². The molecular formula is C21H27F3N4O3. The lowest BCUT2D eigenvalue weighted by molar-refractivity contribution is -0.0473. The van der Waals surface area contributed by atoms with E-state index in [9.17, 15) is 23.5 Å². The Morgan fingerprint density at radius 2 is 1.87 bits per heavy atom. The van der Waals surface area contributed by atoms with Gasteiger partial charge < -0.3 is 15.8 Å². The maximum absolute atomic E-state index is 16.0. The largest absolute Gasteiger partial charge is 0.504 e. The van der Waals surface area contributed by atoms with Crippen molar-refractivity contribution in [2.45, 2.75) is 62.4 Å². The van der Waals surface area contributed by atoms with Crippen molar-refractivity contribution in [3.63, 3.8) is 0 Å². The third kappa shape index (κ3) is 2.80. The van der Waals surface area contributed by atoms with Crippen LogP contribution < -0.4 is 17.0 Å². The molecule has 31 heavy (non-hydrogen) atoms. The molecule has 1 saturated heterocycles. The van der Waals surface area contributed by atoms with Gasteiger partial charge in [0.25, 0.3) is 11.5 Å². The molecule has 0 spiro atoms. The topological polar surface area (TPSA) is 115 Å². The van der Waals surface area contributed by atoms with Crippen molar-refractivity contribution in [2.75, 3.05) is 13.1 Å². The first-order chi connectivity index (χ1) is 14.6. The summed E-state index contributed by atoms with van der Waals surface area (Å²) in [6.07, 6.45) is 2.13. The van der Waals surface area contributed by atoms with Gasteiger partial charge in [0.1, 0.15) is 5.56 Å². The molecule has 0 radical (unpaired) electrons. The highest BCUT2D eigenvalue weighted by Gasteiger charge is 2.63. The standard InChI is InChI=1S/C21H27F3N4O3/c1-9-14-13(18(30)27-19(31)26-14)15(29)16(22)21(9,11-4-5-11)28-7-10-3-2-6-20(23,24)17(25)12(10)8-28/h9-12,17,29H,2-8,25H2,1H3,(H2,26,27,30,31). The number of fused-ring (bicyclic) bond motifs is 2. The molecule has 1 aliphatic heterocycles. The second-order valence-electron chi connectivity index (χ2n) is 9.69. The van der Waals surface area contributed by atoms with E-state index in [0.717, 1.165) is 0 Å². The zero-order chi connectivity index (χ0) is 22.3. The number of halogens is 3. The van der Waals surface area contributed by atoms with Crippen LogP contribution in [0.4, 0.5) is 13.2 Å². The number of aromatic amines is 2. The summed E-state index contributed by atoms with van der Waals surface area (Å²) in [5, 5.41) is 10.7. The predicted molar refractivity (Wildman–Crippen MR) is 108 cm³/mol. The van der Waals surface area contributed by atoms with Crippen LogP contribution in [-0.4, -0.2) is 50.6 Å². The lowest BCUT2D eigenvalue weighted by atomic mass is 9.71. The van der Waals surface area contributed by atoms with Gasteiger partial charge in [-0.3, -0.25) is 14.7 Å². The lowest BCUT2D eigenvalue weighted by Gasteiger charge is -2.48. The first-order valence-corrected chi connectivity index (χ1v) is 10.9. The summed E-state index contributed by atoms with van der Waals surface area (Å²) < 4.78 is 45.0. The smallest absolute Gasteiger partial charge is 0.325 e. The number of nitrogens with zero attached hydrogens (tertiary/aromatic N) is 1. The number of aliphatic hydroxyl groups is 1. The summed E-state index contributed by atoms with van der Waals surface area (Å²) in [6.45, 7) is 2.30. The van der Waals surface area contributed by atoms with E-state index in [1.165, 1.54) is 0 Å². The number of H-pyrrole nitrogens is 2. The molecule has 3 fully saturated rings. The van der Waals surface area contributed by atoms with Crippen molar-refractivity contribution < 1.29 is 18.3 Å². The van der Waals surface area contributed by atoms with Gasteiger partial charge in [-0.15, -0.1) is 0 Å². The zero-order valence-corrected chi connectivity index (χ0v) is 17.3.